The molecule has 0 N–H and O–H groups in total. The fourth-order valence-corrected chi connectivity index (χ4v) is 5.32. The van der Waals surface area contributed by atoms with Gasteiger partial charge in [-0.25, -0.2) is 8.78 Å². The van der Waals surface area contributed by atoms with Crippen LogP contribution in [0.2, 0.25) is 0 Å². The van der Waals surface area contributed by atoms with E-state index in [9.17, 15) is 8.78 Å². The van der Waals surface area contributed by atoms with Gasteiger partial charge >= 0.3 is 0 Å². The molecule has 0 amide bonds. The third-order valence-corrected chi connectivity index (χ3v) is 6.99. The van der Waals surface area contributed by atoms with Crippen LogP contribution in [-0.4, -0.2) is 5.16 Å². The summed E-state index contributed by atoms with van der Waals surface area (Å²) in [6.07, 6.45) is 12.4. The van der Waals surface area contributed by atoms with Crippen molar-refractivity contribution in [1.82, 2.24) is 0 Å². The van der Waals surface area contributed by atoms with Gasteiger partial charge in [-0.15, -0.1) is 0 Å². The molecule has 0 bridgehead atoms. The Morgan fingerprint density at radius 3 is 2.06 bits per heavy atom. The lowest BCUT2D eigenvalue weighted by molar-refractivity contribution is 0.270. The van der Waals surface area contributed by atoms with E-state index >= 15 is 0 Å². The minimum absolute atomic E-state index is 0.0952. The van der Waals surface area contributed by atoms with E-state index in [0.717, 1.165) is 29.5 Å². The standard InChI is InChI=1S/C27H27F2NS/c28-26-16-24(30-18-31)17-27(29)25(26)14-9-19-5-10-22(11-6-19)23-12-7-21(8-13-23)15-20-3-1-2-4-20/h5-6,10-11,16-17,20-21,23H,1-4,7-8,12-13,15H2. The number of nitrogens with zero attached hydrogens (tertiary/aromatic N) is 1. The van der Waals surface area contributed by atoms with Crippen molar-refractivity contribution in [2.75, 3.05) is 0 Å². The molecule has 2 aromatic carbocycles. The monoisotopic (exact) mass is 435 g/mol. The van der Waals surface area contributed by atoms with Crippen molar-refractivity contribution in [3.63, 3.8) is 0 Å². The van der Waals surface area contributed by atoms with E-state index in [1.54, 1.807) is 0 Å². The predicted octanol–water partition coefficient (Wildman–Crippen LogP) is 7.95. The Bertz CT molecular complexity index is 990. The van der Waals surface area contributed by atoms with Gasteiger partial charge in [0.25, 0.3) is 0 Å². The van der Waals surface area contributed by atoms with Crippen LogP contribution in [0.15, 0.2) is 41.4 Å². The van der Waals surface area contributed by atoms with Crippen LogP contribution in [0.25, 0.3) is 0 Å². The third kappa shape index (κ3) is 5.67. The zero-order chi connectivity index (χ0) is 21.6. The normalized spacial score (nSPS) is 21.2. The second-order valence-electron chi connectivity index (χ2n) is 8.96. The molecule has 1 nitrogen and oxygen atoms in total. The van der Waals surface area contributed by atoms with Crippen LogP contribution in [0.5, 0.6) is 0 Å². The molecule has 31 heavy (non-hydrogen) atoms. The summed E-state index contributed by atoms with van der Waals surface area (Å²) < 4.78 is 28.3. The SMILES string of the molecule is Fc1cc(N=C=S)cc(F)c1C#Cc1ccc(C2CCC(CC3CCCC3)CC2)cc1. The number of rotatable bonds is 4. The van der Waals surface area contributed by atoms with Crippen LogP contribution in [0.1, 0.15) is 80.4 Å². The largest absolute Gasteiger partial charge is 0.205 e. The summed E-state index contributed by atoms with van der Waals surface area (Å²) >= 11 is 4.47. The summed E-state index contributed by atoms with van der Waals surface area (Å²) in [7, 11) is 0. The van der Waals surface area contributed by atoms with Crippen molar-refractivity contribution in [3.8, 4) is 11.8 Å². The van der Waals surface area contributed by atoms with Crippen LogP contribution in [0, 0.1) is 35.3 Å². The summed E-state index contributed by atoms with van der Waals surface area (Å²) in [5.74, 6) is 6.51. The maximum Gasteiger partial charge on any atom is 0.143 e. The van der Waals surface area contributed by atoms with Crippen LogP contribution >= 0.6 is 12.2 Å². The van der Waals surface area contributed by atoms with Crippen molar-refractivity contribution < 1.29 is 8.78 Å². The van der Waals surface area contributed by atoms with Gasteiger partial charge in [0.05, 0.1) is 16.4 Å². The molecule has 0 aromatic heterocycles. The zero-order valence-electron chi connectivity index (χ0n) is 17.7. The van der Waals surface area contributed by atoms with E-state index in [2.05, 4.69) is 46.3 Å². The number of hydrogen-bond donors (Lipinski definition) is 0. The van der Waals surface area contributed by atoms with Gasteiger partial charge in [0.2, 0.25) is 0 Å². The molecule has 2 aliphatic rings. The Balaban J connectivity index is 1.37. The number of benzene rings is 2. The van der Waals surface area contributed by atoms with Crippen molar-refractivity contribution in [2.45, 2.75) is 63.7 Å². The fraction of sp³-hybridized carbons (Fsp3) is 0.444. The molecule has 0 spiro atoms. The minimum atomic E-state index is -0.748. The number of aliphatic imine (C=N–C) groups is 1. The van der Waals surface area contributed by atoms with Gasteiger partial charge in [-0.1, -0.05) is 49.7 Å². The van der Waals surface area contributed by atoms with Crippen LogP contribution in [0.4, 0.5) is 14.5 Å². The van der Waals surface area contributed by atoms with Gasteiger partial charge in [0, 0.05) is 17.7 Å². The molecular formula is C27H27F2NS. The van der Waals surface area contributed by atoms with Crippen molar-refractivity contribution in [1.29, 1.82) is 0 Å². The molecule has 4 heteroatoms. The molecule has 0 radical (unpaired) electrons. The maximum absolute atomic E-state index is 14.1. The molecule has 0 atom stereocenters. The first-order chi connectivity index (χ1) is 15.1. The molecule has 0 aliphatic heterocycles. The lowest BCUT2D eigenvalue weighted by atomic mass is 9.75. The highest BCUT2D eigenvalue weighted by atomic mass is 32.1. The summed E-state index contributed by atoms with van der Waals surface area (Å²) in [6, 6.07) is 10.4. The summed E-state index contributed by atoms with van der Waals surface area (Å²) in [4.78, 5) is 3.61. The molecular weight excluding hydrogens is 408 g/mol. The predicted molar refractivity (Wildman–Crippen MR) is 125 cm³/mol. The summed E-state index contributed by atoms with van der Waals surface area (Å²) in [5.41, 5.74) is 1.94. The first kappa shape index (κ1) is 21.9. The van der Waals surface area contributed by atoms with E-state index < -0.39 is 11.6 Å². The Hall–Kier alpha value is -2.34. The van der Waals surface area contributed by atoms with E-state index in [-0.39, 0.29) is 11.3 Å². The average Bonchev–Trinajstić information content (AvgIpc) is 3.27. The topological polar surface area (TPSA) is 12.4 Å². The van der Waals surface area contributed by atoms with Gasteiger partial charge in [0.1, 0.15) is 11.6 Å². The Kier molecular flexibility index (Phi) is 7.28. The molecule has 0 unspecified atom stereocenters. The smallest absolute Gasteiger partial charge is 0.143 e. The number of halogens is 2. The second-order valence-corrected chi connectivity index (χ2v) is 9.15. The van der Waals surface area contributed by atoms with Crippen molar-refractivity contribution >= 4 is 23.1 Å². The van der Waals surface area contributed by atoms with Crippen molar-refractivity contribution in [3.05, 3.63) is 64.7 Å². The quantitative estimate of drug-likeness (QED) is 0.270. The van der Waals surface area contributed by atoms with Crippen molar-refractivity contribution in [2.24, 2.45) is 16.8 Å². The zero-order valence-corrected chi connectivity index (χ0v) is 18.5. The molecule has 0 heterocycles. The average molecular weight is 436 g/mol. The van der Waals surface area contributed by atoms with Gasteiger partial charge < -0.3 is 0 Å². The molecule has 4 rings (SSSR count). The van der Waals surface area contributed by atoms with Gasteiger partial charge in [-0.2, -0.15) is 4.99 Å². The molecule has 2 aliphatic carbocycles. The molecule has 2 fully saturated rings. The number of hydrogen-bond acceptors (Lipinski definition) is 2. The van der Waals surface area contributed by atoms with E-state index in [0.29, 0.717) is 5.92 Å². The van der Waals surface area contributed by atoms with Gasteiger partial charge in [0.15, 0.2) is 0 Å². The Morgan fingerprint density at radius 2 is 1.45 bits per heavy atom. The maximum atomic E-state index is 14.1. The van der Waals surface area contributed by atoms with Crippen LogP contribution in [-0.2, 0) is 0 Å². The number of isothiocyanates is 1. The molecule has 160 valence electrons. The fourth-order valence-electron chi connectivity index (χ4n) is 5.22. The first-order valence-electron chi connectivity index (χ1n) is 11.3. The highest BCUT2D eigenvalue weighted by Crippen LogP contribution is 2.40. The van der Waals surface area contributed by atoms with Gasteiger partial charge in [-0.05, 0) is 79.8 Å². The molecule has 0 saturated heterocycles. The summed E-state index contributed by atoms with van der Waals surface area (Å²) in [6.45, 7) is 0. The Morgan fingerprint density at radius 1 is 0.839 bits per heavy atom. The Labute approximate surface area is 189 Å². The number of thiocarbonyl (C=S) groups is 1. The highest BCUT2D eigenvalue weighted by molar-refractivity contribution is 7.78. The lowest BCUT2D eigenvalue weighted by Crippen LogP contribution is -2.15. The second kappa shape index (κ2) is 10.3. The molecule has 2 saturated carbocycles. The summed E-state index contributed by atoms with van der Waals surface area (Å²) in [5, 5.41) is 2.11. The van der Waals surface area contributed by atoms with E-state index in [1.807, 2.05) is 12.1 Å². The van der Waals surface area contributed by atoms with Crippen LogP contribution in [0.3, 0.4) is 0 Å². The molecule has 2 aromatic rings. The van der Waals surface area contributed by atoms with Crippen LogP contribution < -0.4 is 0 Å². The third-order valence-electron chi connectivity index (χ3n) is 6.90. The minimum Gasteiger partial charge on any atom is -0.205 e. The van der Waals surface area contributed by atoms with E-state index in [1.165, 1.54) is 63.4 Å². The first-order valence-corrected chi connectivity index (χ1v) is 11.7. The van der Waals surface area contributed by atoms with E-state index in [4.69, 9.17) is 0 Å². The van der Waals surface area contributed by atoms with Gasteiger partial charge in [-0.3, -0.25) is 0 Å². The lowest BCUT2D eigenvalue weighted by Gasteiger charge is -2.30. The highest BCUT2D eigenvalue weighted by Gasteiger charge is 2.25.